The number of hydrogen-bond donors (Lipinski definition) is 1. The van der Waals surface area contributed by atoms with Crippen molar-refractivity contribution in [1.82, 2.24) is 10.2 Å². The second kappa shape index (κ2) is 7.34. The zero-order chi connectivity index (χ0) is 13.1. The zero-order valence-corrected chi connectivity index (χ0v) is 13.0. The predicted octanol–water partition coefficient (Wildman–Crippen LogP) is 3.24. The van der Waals surface area contributed by atoms with Gasteiger partial charge in [0.15, 0.2) is 0 Å². The van der Waals surface area contributed by atoms with Crippen molar-refractivity contribution in [3.63, 3.8) is 0 Å². The van der Waals surface area contributed by atoms with Gasteiger partial charge in [-0.05, 0) is 32.0 Å². The van der Waals surface area contributed by atoms with Crippen LogP contribution in [0.4, 0.5) is 0 Å². The fraction of sp³-hybridized carbons (Fsp3) is 0.462. The molecule has 0 aliphatic carbocycles. The predicted molar refractivity (Wildman–Crippen MR) is 81.7 cm³/mol. The van der Waals surface area contributed by atoms with Crippen LogP contribution in [-0.4, -0.2) is 37.0 Å². The summed E-state index contributed by atoms with van der Waals surface area (Å²) in [6.07, 6.45) is 1.93. The van der Waals surface area contributed by atoms with Crippen molar-refractivity contribution < 1.29 is 4.79 Å². The van der Waals surface area contributed by atoms with Gasteiger partial charge in [0.2, 0.25) is 0 Å². The minimum Gasteiger partial charge on any atom is -0.338 e. The van der Waals surface area contributed by atoms with Gasteiger partial charge in [0.05, 0.1) is 15.6 Å². The lowest BCUT2D eigenvalue weighted by Gasteiger charge is -2.32. The third kappa shape index (κ3) is 3.76. The smallest absolute Gasteiger partial charge is 0.256 e. The number of piperidine rings is 1. The van der Waals surface area contributed by atoms with E-state index in [4.69, 9.17) is 23.2 Å². The second-order valence-electron chi connectivity index (χ2n) is 4.45. The van der Waals surface area contributed by atoms with Crippen molar-refractivity contribution in [1.29, 1.82) is 0 Å². The third-order valence-electron chi connectivity index (χ3n) is 3.37. The summed E-state index contributed by atoms with van der Waals surface area (Å²) < 4.78 is 0. The fourth-order valence-electron chi connectivity index (χ4n) is 2.23. The molecule has 0 radical (unpaired) electrons. The van der Waals surface area contributed by atoms with E-state index in [1.54, 1.807) is 18.2 Å². The molecule has 2 rings (SSSR count). The van der Waals surface area contributed by atoms with Gasteiger partial charge < -0.3 is 10.2 Å². The van der Waals surface area contributed by atoms with E-state index in [9.17, 15) is 4.79 Å². The van der Waals surface area contributed by atoms with Crippen molar-refractivity contribution in [3.8, 4) is 0 Å². The molecule has 1 saturated heterocycles. The minimum absolute atomic E-state index is 0. The van der Waals surface area contributed by atoms with Crippen LogP contribution in [0, 0.1) is 0 Å². The molecule has 1 aromatic carbocycles. The van der Waals surface area contributed by atoms with Crippen LogP contribution in [0.1, 0.15) is 23.2 Å². The second-order valence-corrected chi connectivity index (χ2v) is 5.27. The van der Waals surface area contributed by atoms with Gasteiger partial charge in [-0.15, -0.1) is 12.4 Å². The van der Waals surface area contributed by atoms with Crippen LogP contribution >= 0.6 is 35.6 Å². The Morgan fingerprint density at radius 1 is 1.26 bits per heavy atom. The van der Waals surface area contributed by atoms with E-state index in [0.29, 0.717) is 21.7 Å². The molecular formula is C13H17Cl3N2O. The molecule has 1 fully saturated rings. The summed E-state index contributed by atoms with van der Waals surface area (Å²) in [4.78, 5) is 14.2. The van der Waals surface area contributed by atoms with E-state index in [-0.39, 0.29) is 18.3 Å². The van der Waals surface area contributed by atoms with Crippen LogP contribution in [0.15, 0.2) is 18.2 Å². The van der Waals surface area contributed by atoms with Crippen LogP contribution in [0.25, 0.3) is 0 Å². The number of benzene rings is 1. The summed E-state index contributed by atoms with van der Waals surface area (Å²) >= 11 is 12.1. The molecule has 1 heterocycles. The maximum atomic E-state index is 12.4. The van der Waals surface area contributed by atoms with Crippen molar-refractivity contribution in [3.05, 3.63) is 33.8 Å². The topological polar surface area (TPSA) is 32.3 Å². The lowest BCUT2D eigenvalue weighted by Crippen LogP contribution is -2.44. The summed E-state index contributed by atoms with van der Waals surface area (Å²) in [5.74, 6) is -0.0693. The highest BCUT2D eigenvalue weighted by atomic mass is 35.5. The Morgan fingerprint density at radius 3 is 2.26 bits per heavy atom. The van der Waals surface area contributed by atoms with Gasteiger partial charge in [-0.25, -0.2) is 0 Å². The van der Waals surface area contributed by atoms with Gasteiger partial charge in [-0.3, -0.25) is 4.79 Å². The van der Waals surface area contributed by atoms with Crippen LogP contribution in [-0.2, 0) is 0 Å². The van der Waals surface area contributed by atoms with Gasteiger partial charge in [0.25, 0.3) is 5.91 Å². The largest absolute Gasteiger partial charge is 0.338 e. The molecule has 0 saturated carbocycles. The molecular weight excluding hydrogens is 307 g/mol. The molecule has 0 unspecified atom stereocenters. The van der Waals surface area contributed by atoms with E-state index in [2.05, 4.69) is 5.32 Å². The first-order valence-electron chi connectivity index (χ1n) is 6.04. The van der Waals surface area contributed by atoms with E-state index < -0.39 is 0 Å². The molecule has 1 amide bonds. The Hall–Kier alpha value is -0.480. The first-order valence-corrected chi connectivity index (χ1v) is 6.79. The molecule has 1 aliphatic heterocycles. The molecule has 1 aromatic rings. The van der Waals surface area contributed by atoms with Crippen molar-refractivity contribution >= 4 is 41.5 Å². The highest BCUT2D eigenvalue weighted by Crippen LogP contribution is 2.26. The number of likely N-dealkylation sites (tertiary alicyclic amines) is 1. The molecule has 0 bridgehead atoms. The number of amides is 1. The van der Waals surface area contributed by atoms with E-state index in [1.165, 1.54) is 0 Å². The maximum absolute atomic E-state index is 12.4. The monoisotopic (exact) mass is 322 g/mol. The Labute approximate surface area is 129 Å². The molecule has 3 nitrogen and oxygen atoms in total. The fourth-order valence-corrected chi connectivity index (χ4v) is 2.79. The number of rotatable bonds is 2. The molecule has 0 atom stereocenters. The minimum atomic E-state index is -0.0693. The lowest BCUT2D eigenvalue weighted by atomic mass is 10.0. The Kier molecular flexibility index (Phi) is 6.40. The number of nitrogens with one attached hydrogen (secondary N) is 1. The Morgan fingerprint density at radius 2 is 1.79 bits per heavy atom. The normalized spacial score (nSPS) is 16.1. The maximum Gasteiger partial charge on any atom is 0.256 e. The van der Waals surface area contributed by atoms with E-state index in [1.807, 2.05) is 11.9 Å². The van der Waals surface area contributed by atoms with Crippen molar-refractivity contribution in [2.75, 3.05) is 20.1 Å². The first-order chi connectivity index (χ1) is 8.63. The van der Waals surface area contributed by atoms with Gasteiger partial charge in [-0.2, -0.15) is 0 Å². The summed E-state index contributed by atoms with van der Waals surface area (Å²) in [5.41, 5.74) is 0.420. The molecule has 6 heteroatoms. The van der Waals surface area contributed by atoms with Crippen molar-refractivity contribution in [2.45, 2.75) is 18.9 Å². The summed E-state index contributed by atoms with van der Waals surface area (Å²) in [7, 11) is 1.95. The number of carbonyl (C=O) groups is 1. The molecule has 0 spiro atoms. The quantitative estimate of drug-likeness (QED) is 0.906. The average molecular weight is 324 g/mol. The third-order valence-corrected chi connectivity index (χ3v) is 4.00. The molecule has 106 valence electrons. The summed E-state index contributed by atoms with van der Waals surface area (Å²) in [6, 6.07) is 5.63. The van der Waals surface area contributed by atoms with E-state index >= 15 is 0 Å². The van der Waals surface area contributed by atoms with Crippen LogP contribution in [0.3, 0.4) is 0 Å². The van der Waals surface area contributed by atoms with Gasteiger partial charge >= 0.3 is 0 Å². The summed E-state index contributed by atoms with van der Waals surface area (Å²) in [5, 5.41) is 4.08. The molecule has 1 N–H and O–H groups in total. The summed E-state index contributed by atoms with van der Waals surface area (Å²) in [6.45, 7) is 1.48. The van der Waals surface area contributed by atoms with Gasteiger partial charge in [0.1, 0.15) is 0 Å². The standard InChI is InChI=1S/C13H16Cl2N2O.ClH/c1-16-9-5-7-17(8-6-9)13(18)12-10(14)3-2-4-11(12)15;/h2-4,9,16H,5-8H2,1H3;1H. The van der Waals surface area contributed by atoms with Gasteiger partial charge in [-0.1, -0.05) is 29.3 Å². The highest BCUT2D eigenvalue weighted by Gasteiger charge is 2.25. The average Bonchev–Trinajstić information content (AvgIpc) is 2.38. The van der Waals surface area contributed by atoms with E-state index in [0.717, 1.165) is 25.9 Å². The zero-order valence-electron chi connectivity index (χ0n) is 10.7. The number of nitrogens with zero attached hydrogens (tertiary/aromatic N) is 1. The van der Waals surface area contributed by atoms with Crippen LogP contribution in [0.2, 0.25) is 10.0 Å². The van der Waals surface area contributed by atoms with Crippen LogP contribution in [0.5, 0.6) is 0 Å². The Bertz CT molecular complexity index is 425. The number of carbonyl (C=O) groups excluding carboxylic acids is 1. The number of halogens is 3. The van der Waals surface area contributed by atoms with Crippen LogP contribution < -0.4 is 5.32 Å². The molecule has 19 heavy (non-hydrogen) atoms. The first kappa shape index (κ1) is 16.6. The molecule has 0 aromatic heterocycles. The number of hydrogen-bond acceptors (Lipinski definition) is 2. The highest BCUT2D eigenvalue weighted by molar-refractivity contribution is 6.39. The SMILES string of the molecule is CNC1CCN(C(=O)c2c(Cl)cccc2Cl)CC1.Cl. The van der Waals surface area contributed by atoms with Crippen molar-refractivity contribution in [2.24, 2.45) is 0 Å². The Balaban J connectivity index is 0.00000180. The molecule has 1 aliphatic rings. The van der Waals surface area contributed by atoms with Gasteiger partial charge in [0, 0.05) is 19.1 Å². The lowest BCUT2D eigenvalue weighted by molar-refractivity contribution is 0.0707.